The van der Waals surface area contributed by atoms with Crippen LogP contribution in [0, 0.1) is 6.92 Å². The SMILES string of the molecule is C=CCCOC(=O)N1CCC(c2nc(C(=O)Nc3ccccc3-c3ccc(C)cc3)cs2)CC1. The number of nitrogens with zero attached hydrogens (tertiary/aromatic N) is 2. The van der Waals surface area contributed by atoms with Crippen molar-refractivity contribution in [3.63, 3.8) is 0 Å². The number of para-hydroxylation sites is 1. The van der Waals surface area contributed by atoms with E-state index in [0.717, 1.165) is 34.7 Å². The molecule has 0 spiro atoms. The Morgan fingerprint density at radius 1 is 1.18 bits per heavy atom. The number of hydrogen-bond donors (Lipinski definition) is 1. The van der Waals surface area contributed by atoms with Gasteiger partial charge in [0.2, 0.25) is 0 Å². The number of amides is 2. The van der Waals surface area contributed by atoms with Crippen molar-refractivity contribution in [2.75, 3.05) is 25.0 Å². The van der Waals surface area contributed by atoms with Crippen LogP contribution in [-0.2, 0) is 4.74 Å². The number of ether oxygens (including phenoxy) is 1. The van der Waals surface area contributed by atoms with E-state index in [1.807, 2.05) is 29.6 Å². The molecule has 4 rings (SSSR count). The summed E-state index contributed by atoms with van der Waals surface area (Å²) in [6.07, 6.45) is 3.73. The zero-order valence-electron chi connectivity index (χ0n) is 19.3. The molecule has 0 saturated carbocycles. The average Bonchev–Trinajstić information content (AvgIpc) is 3.36. The molecule has 0 bridgehead atoms. The number of aromatic nitrogens is 1. The van der Waals surface area contributed by atoms with Crippen LogP contribution in [0.5, 0.6) is 0 Å². The van der Waals surface area contributed by atoms with E-state index in [4.69, 9.17) is 4.74 Å². The zero-order chi connectivity index (χ0) is 23.9. The van der Waals surface area contributed by atoms with Gasteiger partial charge < -0.3 is 15.0 Å². The molecule has 1 N–H and O–H groups in total. The molecule has 1 aliphatic heterocycles. The second-order valence-electron chi connectivity index (χ2n) is 8.39. The Labute approximate surface area is 204 Å². The summed E-state index contributed by atoms with van der Waals surface area (Å²) in [5, 5.41) is 5.79. The first-order chi connectivity index (χ1) is 16.5. The molecule has 2 heterocycles. The van der Waals surface area contributed by atoms with Crippen LogP contribution in [0.4, 0.5) is 10.5 Å². The van der Waals surface area contributed by atoms with Gasteiger partial charge in [0.25, 0.3) is 5.91 Å². The molecule has 34 heavy (non-hydrogen) atoms. The molecule has 0 atom stereocenters. The van der Waals surface area contributed by atoms with Crippen molar-refractivity contribution in [3.8, 4) is 11.1 Å². The number of anilines is 1. The predicted molar refractivity (Wildman–Crippen MR) is 136 cm³/mol. The van der Waals surface area contributed by atoms with Crippen molar-refractivity contribution in [2.24, 2.45) is 0 Å². The molecule has 6 nitrogen and oxygen atoms in total. The van der Waals surface area contributed by atoms with Gasteiger partial charge in [0, 0.05) is 35.6 Å². The van der Waals surface area contributed by atoms with Crippen molar-refractivity contribution >= 4 is 29.0 Å². The fourth-order valence-electron chi connectivity index (χ4n) is 3.97. The molecule has 0 unspecified atom stereocenters. The van der Waals surface area contributed by atoms with Crippen LogP contribution in [0.15, 0.2) is 66.6 Å². The lowest BCUT2D eigenvalue weighted by Crippen LogP contribution is -2.38. The van der Waals surface area contributed by atoms with Crippen LogP contribution < -0.4 is 5.32 Å². The maximum atomic E-state index is 13.0. The first-order valence-corrected chi connectivity index (χ1v) is 12.4. The Morgan fingerprint density at radius 3 is 2.65 bits per heavy atom. The molecule has 3 aromatic rings. The highest BCUT2D eigenvalue weighted by atomic mass is 32.1. The maximum Gasteiger partial charge on any atom is 0.409 e. The van der Waals surface area contributed by atoms with Gasteiger partial charge in [0.15, 0.2) is 0 Å². The number of rotatable bonds is 7. The number of nitrogens with one attached hydrogen (secondary N) is 1. The minimum atomic E-state index is -0.272. The third-order valence-electron chi connectivity index (χ3n) is 5.94. The summed E-state index contributed by atoms with van der Waals surface area (Å²) in [7, 11) is 0. The lowest BCUT2D eigenvalue weighted by atomic mass is 9.98. The van der Waals surface area contributed by atoms with Gasteiger partial charge in [-0.3, -0.25) is 4.79 Å². The first kappa shape index (κ1) is 23.7. The van der Waals surface area contributed by atoms with Crippen LogP contribution in [0.1, 0.15) is 46.2 Å². The highest BCUT2D eigenvalue weighted by Gasteiger charge is 2.27. The van der Waals surface area contributed by atoms with Crippen molar-refractivity contribution in [1.82, 2.24) is 9.88 Å². The number of hydrogen-bond acceptors (Lipinski definition) is 5. The summed E-state index contributed by atoms with van der Waals surface area (Å²) in [5.74, 6) is 0.0221. The molecule has 1 aliphatic rings. The minimum Gasteiger partial charge on any atom is -0.449 e. The molecule has 7 heteroatoms. The minimum absolute atomic E-state index is 0.217. The highest BCUT2D eigenvalue weighted by Crippen LogP contribution is 2.32. The standard InChI is InChI=1S/C27H29N3O3S/c1-3-4-17-33-27(32)30-15-13-21(14-16-30)26-29-24(18-34-26)25(31)28-23-8-6-5-7-22(23)20-11-9-19(2)10-12-20/h3,5-12,18,21H,1,4,13-17H2,2H3,(H,28,31). The summed E-state index contributed by atoms with van der Waals surface area (Å²) in [6, 6.07) is 16.0. The normalized spacial score (nSPS) is 14.0. The van der Waals surface area contributed by atoms with E-state index in [9.17, 15) is 9.59 Å². The Hall–Kier alpha value is -3.45. The summed E-state index contributed by atoms with van der Waals surface area (Å²) in [4.78, 5) is 31.5. The molecule has 176 valence electrons. The predicted octanol–water partition coefficient (Wildman–Crippen LogP) is 6.26. The largest absolute Gasteiger partial charge is 0.449 e. The van der Waals surface area contributed by atoms with Crippen LogP contribution in [0.25, 0.3) is 11.1 Å². The fraction of sp³-hybridized carbons (Fsp3) is 0.296. The molecule has 1 aromatic heterocycles. The summed E-state index contributed by atoms with van der Waals surface area (Å²) < 4.78 is 5.25. The summed E-state index contributed by atoms with van der Waals surface area (Å²) in [6.45, 7) is 7.30. The third-order valence-corrected chi connectivity index (χ3v) is 6.95. The zero-order valence-corrected chi connectivity index (χ0v) is 20.1. The van der Waals surface area contributed by atoms with Gasteiger partial charge in [-0.1, -0.05) is 54.1 Å². The van der Waals surface area contributed by atoms with E-state index >= 15 is 0 Å². The molecule has 2 aromatic carbocycles. The number of carbonyl (C=O) groups is 2. The van der Waals surface area contributed by atoms with Crippen LogP contribution in [0.3, 0.4) is 0 Å². The van der Waals surface area contributed by atoms with Crippen molar-refractivity contribution in [3.05, 3.63) is 82.8 Å². The van der Waals surface area contributed by atoms with E-state index in [1.54, 1.807) is 11.0 Å². The van der Waals surface area contributed by atoms with E-state index in [-0.39, 0.29) is 17.9 Å². The number of piperidine rings is 1. The van der Waals surface area contributed by atoms with Crippen molar-refractivity contribution in [2.45, 2.75) is 32.1 Å². The highest BCUT2D eigenvalue weighted by molar-refractivity contribution is 7.10. The summed E-state index contributed by atoms with van der Waals surface area (Å²) in [5.41, 5.74) is 4.39. The quantitative estimate of drug-likeness (QED) is 0.323. The van der Waals surface area contributed by atoms with Gasteiger partial charge in [-0.2, -0.15) is 0 Å². The van der Waals surface area contributed by atoms with Crippen LogP contribution >= 0.6 is 11.3 Å². The number of likely N-dealkylation sites (tertiary alicyclic amines) is 1. The molecule has 1 saturated heterocycles. The summed E-state index contributed by atoms with van der Waals surface area (Å²) >= 11 is 1.51. The Kier molecular flexibility index (Phi) is 7.75. The second-order valence-corrected chi connectivity index (χ2v) is 9.28. The van der Waals surface area contributed by atoms with Gasteiger partial charge in [-0.25, -0.2) is 9.78 Å². The van der Waals surface area contributed by atoms with Gasteiger partial charge in [0.1, 0.15) is 5.69 Å². The van der Waals surface area contributed by atoms with Gasteiger partial charge in [0.05, 0.1) is 11.6 Å². The molecular formula is C27H29N3O3S. The lowest BCUT2D eigenvalue weighted by Gasteiger charge is -2.30. The van der Waals surface area contributed by atoms with E-state index in [1.165, 1.54) is 16.9 Å². The Morgan fingerprint density at radius 2 is 1.91 bits per heavy atom. The molecule has 0 aliphatic carbocycles. The Bertz CT molecular complexity index is 1150. The van der Waals surface area contributed by atoms with Gasteiger partial charge in [-0.05, 0) is 37.8 Å². The molecule has 0 radical (unpaired) electrons. The number of carbonyl (C=O) groups excluding carboxylic acids is 2. The molecule has 1 fully saturated rings. The van der Waals surface area contributed by atoms with Gasteiger partial charge >= 0.3 is 6.09 Å². The Balaban J connectivity index is 1.37. The number of benzene rings is 2. The maximum absolute atomic E-state index is 13.0. The van der Waals surface area contributed by atoms with E-state index in [2.05, 4.69) is 48.1 Å². The fourth-order valence-corrected chi connectivity index (χ4v) is 4.94. The van der Waals surface area contributed by atoms with E-state index in [0.29, 0.717) is 31.8 Å². The smallest absolute Gasteiger partial charge is 0.409 e. The average molecular weight is 476 g/mol. The van der Waals surface area contributed by atoms with Crippen molar-refractivity contribution < 1.29 is 14.3 Å². The second kappa shape index (κ2) is 11.1. The van der Waals surface area contributed by atoms with Gasteiger partial charge in [-0.15, -0.1) is 17.9 Å². The monoisotopic (exact) mass is 475 g/mol. The number of thiazole rings is 1. The topological polar surface area (TPSA) is 71.5 Å². The molecule has 2 amide bonds. The third kappa shape index (κ3) is 5.72. The first-order valence-electron chi connectivity index (χ1n) is 11.5. The number of aryl methyl sites for hydroxylation is 1. The van der Waals surface area contributed by atoms with E-state index < -0.39 is 0 Å². The van der Waals surface area contributed by atoms with Crippen LogP contribution in [-0.4, -0.2) is 41.6 Å². The lowest BCUT2D eigenvalue weighted by molar-refractivity contribution is 0.0941. The van der Waals surface area contributed by atoms with Crippen molar-refractivity contribution in [1.29, 1.82) is 0 Å². The molecular weight excluding hydrogens is 446 g/mol. The van der Waals surface area contributed by atoms with Crippen LogP contribution in [0.2, 0.25) is 0 Å².